The molecule has 8 nitrogen and oxygen atoms in total. The Morgan fingerprint density at radius 1 is 0.850 bits per heavy atom. The predicted molar refractivity (Wildman–Crippen MR) is 156 cm³/mol. The number of pyridine rings is 1. The molecule has 2 radical (unpaired) electrons. The van der Waals surface area contributed by atoms with E-state index in [1.54, 1.807) is 0 Å². The Kier molecular flexibility index (Phi) is 6.01. The molecule has 1 fully saturated rings. The topological polar surface area (TPSA) is 87.9 Å². The summed E-state index contributed by atoms with van der Waals surface area (Å²) in [6.45, 7) is 6.64. The highest BCUT2D eigenvalue weighted by Crippen LogP contribution is 2.32. The first kappa shape index (κ1) is 24.4. The van der Waals surface area contributed by atoms with Crippen LogP contribution in [0.25, 0.3) is 39.7 Å². The van der Waals surface area contributed by atoms with Crippen LogP contribution in [0.5, 0.6) is 0 Å². The molecule has 7 rings (SSSR count). The number of imidazole rings is 1. The fourth-order valence-electron chi connectivity index (χ4n) is 5.29. The molecule has 0 aliphatic carbocycles. The van der Waals surface area contributed by atoms with Crippen LogP contribution >= 0.6 is 0 Å². The van der Waals surface area contributed by atoms with Gasteiger partial charge in [-0.1, -0.05) is 60.7 Å². The molecule has 1 saturated heterocycles. The summed E-state index contributed by atoms with van der Waals surface area (Å²) in [5.41, 5.74) is 8.45. The van der Waals surface area contributed by atoms with Crippen molar-refractivity contribution < 1.29 is 0 Å². The van der Waals surface area contributed by atoms with Gasteiger partial charge in [0.1, 0.15) is 19.4 Å². The number of nitrogens with one attached hydrogen (secondary N) is 1. The Morgan fingerprint density at radius 3 is 2.42 bits per heavy atom. The molecule has 4 aromatic heterocycles. The molecule has 0 saturated carbocycles. The van der Waals surface area contributed by atoms with Gasteiger partial charge in [-0.15, -0.1) is 0 Å². The summed E-state index contributed by atoms with van der Waals surface area (Å²) in [5.74, 6) is 2.53. The van der Waals surface area contributed by atoms with Gasteiger partial charge in [-0.2, -0.15) is 5.10 Å². The van der Waals surface area contributed by atoms with Gasteiger partial charge >= 0.3 is 0 Å². The number of nitrogens with zero attached hydrogens (tertiary/aromatic N) is 7. The molecule has 0 unspecified atom stereocenters. The van der Waals surface area contributed by atoms with Gasteiger partial charge in [0.2, 0.25) is 5.78 Å². The minimum Gasteiger partial charge on any atom is -0.298 e. The van der Waals surface area contributed by atoms with Gasteiger partial charge in [-0.3, -0.25) is 14.4 Å². The van der Waals surface area contributed by atoms with Gasteiger partial charge in [0, 0.05) is 48.6 Å². The van der Waals surface area contributed by atoms with Crippen molar-refractivity contribution in [3.8, 4) is 33.9 Å². The maximum absolute atomic E-state index is 6.28. The molecule has 1 N–H and O–H groups in total. The number of H-pyrrole nitrogens is 1. The molecule has 0 bridgehead atoms. The summed E-state index contributed by atoms with van der Waals surface area (Å²) in [5, 5.41) is 7.52. The van der Waals surface area contributed by atoms with Gasteiger partial charge < -0.3 is 0 Å². The van der Waals surface area contributed by atoms with Crippen LogP contribution in [-0.2, 0) is 6.54 Å². The SMILES string of the molecule is [B]c1c(C)nc2nc(-c3ccc(CN4CC(c5nc(-c6cccc(C)n6)n[nH]5)C4)cc3)c(-c3ccccc3)cn12. The van der Waals surface area contributed by atoms with Crippen molar-refractivity contribution in [2.24, 2.45) is 0 Å². The number of hydrogen-bond donors (Lipinski definition) is 1. The van der Waals surface area contributed by atoms with Crippen molar-refractivity contribution in [1.29, 1.82) is 0 Å². The second kappa shape index (κ2) is 9.84. The Hall–Kier alpha value is -4.63. The largest absolute Gasteiger partial charge is 0.298 e. The molecule has 0 amide bonds. The predicted octanol–water partition coefficient (Wildman–Crippen LogP) is 4.25. The van der Waals surface area contributed by atoms with E-state index in [9.17, 15) is 0 Å². The molecular formula is C31H27BN8. The zero-order valence-electron chi connectivity index (χ0n) is 22.4. The minimum atomic E-state index is 0.347. The standard InChI is InChI=1S/C31H27BN8/c1-19-7-6-10-26(33-19)30-36-29(37-38-30)24-16-39(17-24)15-21-11-13-23(14-12-21)27-25(22-8-4-3-5-9-22)18-40-28(32)20(2)34-31(40)35-27/h3-14,18,24H,15-17H2,1-2H3,(H,36,37,38). The van der Waals surface area contributed by atoms with Crippen LogP contribution in [-0.4, -0.2) is 60.4 Å². The molecule has 40 heavy (non-hydrogen) atoms. The number of aryl methyl sites for hydroxylation is 2. The first-order valence-corrected chi connectivity index (χ1v) is 13.4. The lowest BCUT2D eigenvalue weighted by atomic mass is 9.97. The van der Waals surface area contributed by atoms with Gasteiger partial charge in [-0.25, -0.2) is 19.9 Å². The summed E-state index contributed by atoms with van der Waals surface area (Å²) >= 11 is 0. The van der Waals surface area contributed by atoms with Gasteiger partial charge in [0.05, 0.1) is 11.4 Å². The minimum absolute atomic E-state index is 0.347. The maximum atomic E-state index is 6.28. The number of hydrogen-bond acceptors (Lipinski definition) is 6. The number of rotatable bonds is 6. The summed E-state index contributed by atoms with van der Waals surface area (Å²) in [6, 6.07) is 24.8. The zero-order valence-corrected chi connectivity index (χ0v) is 22.4. The Balaban J connectivity index is 1.07. The zero-order chi connectivity index (χ0) is 27.2. The lowest BCUT2D eigenvalue weighted by Gasteiger charge is -2.38. The normalized spacial score (nSPS) is 14.1. The van der Waals surface area contributed by atoms with Crippen molar-refractivity contribution in [3.63, 3.8) is 0 Å². The first-order chi connectivity index (χ1) is 19.5. The van der Waals surface area contributed by atoms with Crippen LogP contribution in [0.4, 0.5) is 0 Å². The van der Waals surface area contributed by atoms with E-state index in [0.29, 0.717) is 23.1 Å². The first-order valence-electron chi connectivity index (χ1n) is 13.4. The molecule has 194 valence electrons. The highest BCUT2D eigenvalue weighted by Gasteiger charge is 2.31. The van der Waals surface area contributed by atoms with E-state index in [4.69, 9.17) is 17.8 Å². The van der Waals surface area contributed by atoms with Crippen molar-refractivity contribution in [1.82, 2.24) is 39.4 Å². The molecule has 0 atom stereocenters. The van der Waals surface area contributed by atoms with Crippen LogP contribution in [0.2, 0.25) is 0 Å². The summed E-state index contributed by atoms with van der Waals surface area (Å²) < 4.78 is 1.87. The second-order valence-electron chi connectivity index (χ2n) is 10.4. The maximum Gasteiger partial charge on any atom is 0.233 e. The highest BCUT2D eigenvalue weighted by atomic mass is 15.3. The molecule has 9 heteroatoms. The number of aromatic nitrogens is 7. The van der Waals surface area contributed by atoms with E-state index in [2.05, 4.69) is 61.5 Å². The monoisotopic (exact) mass is 522 g/mol. The smallest absolute Gasteiger partial charge is 0.233 e. The van der Waals surface area contributed by atoms with E-state index < -0.39 is 0 Å². The van der Waals surface area contributed by atoms with Crippen molar-refractivity contribution in [2.45, 2.75) is 26.3 Å². The van der Waals surface area contributed by atoms with Crippen LogP contribution in [0.1, 0.15) is 28.7 Å². The average Bonchev–Trinajstić information content (AvgIpc) is 3.55. The molecular weight excluding hydrogens is 495 g/mol. The lowest BCUT2D eigenvalue weighted by Crippen LogP contribution is -2.44. The van der Waals surface area contributed by atoms with Gasteiger partial charge in [0.25, 0.3) is 0 Å². The molecule has 0 spiro atoms. The van der Waals surface area contributed by atoms with Crippen LogP contribution < -0.4 is 5.59 Å². The molecule has 1 aliphatic heterocycles. The summed E-state index contributed by atoms with van der Waals surface area (Å²) in [7, 11) is 6.28. The summed E-state index contributed by atoms with van der Waals surface area (Å²) in [4.78, 5) is 21.2. The third-order valence-electron chi connectivity index (χ3n) is 7.52. The molecule has 5 heterocycles. The Labute approximate surface area is 233 Å². The summed E-state index contributed by atoms with van der Waals surface area (Å²) in [6.07, 6.45) is 2.04. The van der Waals surface area contributed by atoms with Crippen LogP contribution in [0, 0.1) is 13.8 Å². The molecule has 1 aliphatic rings. The van der Waals surface area contributed by atoms with Gasteiger partial charge in [-0.05, 0) is 42.7 Å². The van der Waals surface area contributed by atoms with E-state index in [0.717, 1.165) is 64.9 Å². The van der Waals surface area contributed by atoms with Crippen molar-refractivity contribution in [2.75, 3.05) is 13.1 Å². The van der Waals surface area contributed by atoms with Crippen LogP contribution in [0.15, 0.2) is 79.0 Å². The van der Waals surface area contributed by atoms with Crippen LogP contribution in [0.3, 0.4) is 0 Å². The van der Waals surface area contributed by atoms with Crippen molar-refractivity contribution in [3.05, 3.63) is 102 Å². The highest BCUT2D eigenvalue weighted by molar-refractivity contribution is 6.32. The fourth-order valence-corrected chi connectivity index (χ4v) is 5.29. The fraction of sp³-hybridized carbons (Fsp3) is 0.194. The molecule has 2 aromatic carbocycles. The third-order valence-corrected chi connectivity index (χ3v) is 7.52. The van der Waals surface area contributed by atoms with E-state index >= 15 is 0 Å². The van der Waals surface area contributed by atoms with E-state index in [1.807, 2.05) is 60.8 Å². The number of benzene rings is 2. The Morgan fingerprint density at radius 2 is 1.65 bits per heavy atom. The van der Waals surface area contributed by atoms with E-state index in [1.165, 1.54) is 5.56 Å². The van der Waals surface area contributed by atoms with Gasteiger partial charge in [0.15, 0.2) is 5.82 Å². The van der Waals surface area contributed by atoms with E-state index in [-0.39, 0.29) is 0 Å². The average molecular weight is 522 g/mol. The number of fused-ring (bicyclic) bond motifs is 1. The lowest BCUT2D eigenvalue weighted by molar-refractivity contribution is 0.135. The Bertz CT molecular complexity index is 1820. The quantitative estimate of drug-likeness (QED) is 0.329. The second-order valence-corrected chi connectivity index (χ2v) is 10.4. The number of likely N-dealkylation sites (tertiary alicyclic amines) is 1. The molecule has 6 aromatic rings. The number of aromatic amines is 1. The third kappa shape index (κ3) is 4.48. The van der Waals surface area contributed by atoms with Crippen molar-refractivity contribution >= 4 is 19.2 Å².